The minimum absolute atomic E-state index is 0.0276. The average Bonchev–Trinajstić information content (AvgIpc) is 3.63. The molecule has 0 unspecified atom stereocenters. The van der Waals surface area contributed by atoms with Gasteiger partial charge in [-0.25, -0.2) is 31.0 Å². The first kappa shape index (κ1) is 38.4. The first-order valence-electron chi connectivity index (χ1n) is 16.9. The number of likely N-dealkylation sites (N-methyl/N-ethyl adjacent to an activating group) is 1. The van der Waals surface area contributed by atoms with Gasteiger partial charge in [0.15, 0.2) is 5.82 Å². The second-order valence-corrected chi connectivity index (χ2v) is 15.8. The molecule has 3 aromatic heterocycles. The van der Waals surface area contributed by atoms with Crippen molar-refractivity contribution in [3.05, 3.63) is 87.3 Å². The largest absolute Gasteiger partial charge is 0.395 e. The van der Waals surface area contributed by atoms with Gasteiger partial charge in [-0.3, -0.25) is 18.9 Å². The lowest BCUT2D eigenvalue weighted by Crippen LogP contribution is -2.35. The molecule has 0 bridgehead atoms. The van der Waals surface area contributed by atoms with E-state index in [1.807, 2.05) is 0 Å². The summed E-state index contributed by atoms with van der Waals surface area (Å²) in [6, 6.07) is 7.78. The number of anilines is 2. The molecule has 7 rings (SSSR count). The van der Waals surface area contributed by atoms with Crippen molar-refractivity contribution >= 4 is 50.1 Å². The Hall–Kier alpha value is -4.88. The maximum atomic E-state index is 15.4. The number of pyridine rings is 1. The van der Waals surface area contributed by atoms with Gasteiger partial charge in [0.1, 0.15) is 35.4 Å². The lowest BCUT2D eigenvalue weighted by Gasteiger charge is -2.25. The third-order valence-corrected chi connectivity index (χ3v) is 10.6. The van der Waals surface area contributed by atoms with Crippen LogP contribution in [0.2, 0.25) is 5.02 Å². The van der Waals surface area contributed by atoms with Crippen molar-refractivity contribution in [1.82, 2.24) is 29.9 Å². The quantitative estimate of drug-likeness (QED) is 0.126. The Kier molecular flexibility index (Phi) is 9.78. The van der Waals surface area contributed by atoms with Crippen molar-refractivity contribution in [2.24, 2.45) is 13.0 Å². The number of aliphatic hydroxyl groups excluding tert-OH is 1. The predicted molar refractivity (Wildman–Crippen MR) is 191 cm³/mol. The van der Waals surface area contributed by atoms with Crippen molar-refractivity contribution in [2.75, 3.05) is 36.1 Å². The monoisotopic (exact) mass is 810 g/mol. The first-order chi connectivity index (χ1) is 25.9. The molecule has 55 heavy (non-hydrogen) atoms. The maximum Gasteiger partial charge on any atom is 0.293 e. The predicted octanol–water partition coefficient (Wildman–Crippen LogP) is 5.81. The molecule has 0 aliphatic heterocycles. The van der Waals surface area contributed by atoms with Gasteiger partial charge in [0.25, 0.3) is 12.3 Å². The van der Waals surface area contributed by atoms with E-state index in [-0.39, 0.29) is 64.9 Å². The smallest absolute Gasteiger partial charge is 0.293 e. The molecule has 1 saturated carbocycles. The molecule has 3 N–H and O–H groups in total. The standard InChI is InChI=1S/C35H33ClF6N8O4S/c1-48(8-9-51)25-7-5-19(20-4-6-23(36)28-31(20)49(2)46-34(28)47-55(3,53)54)29(44-25)24(12-16-10-17(37)13-18(38)11-16)43-26(52)15-50-32-27(30(45-50)33(39)40)21-14-22(21)35(32,41)42/h4-7,10-11,13,21-22,24,33,51H,8-9,12,14-15H2,1-3H3,(H,43,52)(H,46,47)/t21-,22+,24-/m0/s1. The number of nitrogens with one attached hydrogen (secondary N) is 2. The molecule has 3 atom stereocenters. The van der Waals surface area contributed by atoms with Crippen molar-refractivity contribution in [1.29, 1.82) is 0 Å². The molecule has 3 heterocycles. The summed E-state index contributed by atoms with van der Waals surface area (Å²) in [5.41, 5.74) is -0.627. The number of rotatable bonds is 13. The van der Waals surface area contributed by atoms with E-state index in [1.54, 1.807) is 30.1 Å². The Morgan fingerprint density at radius 2 is 1.78 bits per heavy atom. The van der Waals surface area contributed by atoms with Gasteiger partial charge in [0.05, 0.1) is 40.5 Å². The summed E-state index contributed by atoms with van der Waals surface area (Å²) in [5.74, 6) is -8.02. The van der Waals surface area contributed by atoms with Gasteiger partial charge in [0.2, 0.25) is 15.9 Å². The van der Waals surface area contributed by atoms with Crippen molar-refractivity contribution in [3.63, 3.8) is 0 Å². The number of aromatic nitrogens is 5. The lowest BCUT2D eigenvalue weighted by atomic mass is 9.94. The third kappa shape index (κ3) is 7.19. The fourth-order valence-corrected chi connectivity index (χ4v) is 8.15. The third-order valence-electron chi connectivity index (χ3n) is 9.73. The molecular weight excluding hydrogens is 778 g/mol. The van der Waals surface area contributed by atoms with Gasteiger partial charge in [-0.2, -0.15) is 19.0 Å². The fourth-order valence-electron chi connectivity index (χ4n) is 7.41. The molecule has 12 nitrogen and oxygen atoms in total. The van der Waals surface area contributed by atoms with Crippen LogP contribution in [-0.4, -0.2) is 70.4 Å². The zero-order valence-electron chi connectivity index (χ0n) is 29.3. The maximum absolute atomic E-state index is 15.4. The van der Waals surface area contributed by atoms with Gasteiger partial charge in [-0.15, -0.1) is 0 Å². The number of aryl methyl sites for hydroxylation is 1. The number of amides is 1. The molecule has 2 aromatic carbocycles. The number of aliphatic hydroxyl groups is 1. The number of halogens is 7. The van der Waals surface area contributed by atoms with E-state index in [9.17, 15) is 35.9 Å². The summed E-state index contributed by atoms with van der Waals surface area (Å²) >= 11 is 6.57. The second kappa shape index (κ2) is 14.0. The van der Waals surface area contributed by atoms with E-state index in [4.69, 9.17) is 16.6 Å². The summed E-state index contributed by atoms with van der Waals surface area (Å²) in [4.78, 5) is 20.3. The number of sulfonamides is 1. The molecule has 1 amide bonds. The SMILES string of the molecule is CN(CCO)c1ccc(-c2ccc(Cl)c3c(NS(C)(=O)=O)nn(C)c23)c([C@H](Cc2cc(F)cc(F)c2)NC(=O)Cn2nc(C(F)F)c3c2C(F)(F)[C@@H]2C[C@H]32)n1. The van der Waals surface area contributed by atoms with Crippen molar-refractivity contribution in [3.8, 4) is 11.1 Å². The molecule has 1 fully saturated rings. The minimum atomic E-state index is -3.82. The van der Waals surface area contributed by atoms with Gasteiger partial charge in [-0.05, 0) is 54.7 Å². The summed E-state index contributed by atoms with van der Waals surface area (Å²) < 4.78 is 117. The minimum Gasteiger partial charge on any atom is -0.395 e. The first-order valence-corrected chi connectivity index (χ1v) is 19.1. The van der Waals surface area contributed by atoms with Crippen LogP contribution in [0, 0.1) is 17.6 Å². The van der Waals surface area contributed by atoms with E-state index in [1.165, 1.54) is 17.8 Å². The topological polar surface area (TPSA) is 147 Å². The Labute approximate surface area is 315 Å². The van der Waals surface area contributed by atoms with Crippen molar-refractivity contribution in [2.45, 2.75) is 43.7 Å². The van der Waals surface area contributed by atoms with Crippen LogP contribution in [0.1, 0.15) is 53.0 Å². The number of benzene rings is 2. The summed E-state index contributed by atoms with van der Waals surface area (Å²) in [6.45, 7) is -1.04. The van der Waals surface area contributed by atoms with Crippen LogP contribution in [0.25, 0.3) is 22.0 Å². The van der Waals surface area contributed by atoms with Crippen molar-refractivity contribution < 1.29 is 44.7 Å². The number of fused-ring (bicyclic) bond motifs is 4. The highest BCUT2D eigenvalue weighted by Gasteiger charge is 2.67. The van der Waals surface area contributed by atoms with Crippen LogP contribution in [0.5, 0.6) is 0 Å². The number of carbonyl (C=O) groups is 1. The number of nitrogens with zero attached hydrogens (tertiary/aromatic N) is 6. The average molecular weight is 811 g/mol. The molecule has 0 spiro atoms. The molecule has 5 aromatic rings. The van der Waals surface area contributed by atoms with Gasteiger partial charge >= 0.3 is 0 Å². The molecule has 2 aliphatic carbocycles. The molecule has 20 heteroatoms. The van der Waals surface area contributed by atoms with Crippen LogP contribution in [0.15, 0.2) is 42.5 Å². The zero-order chi connectivity index (χ0) is 39.7. The normalized spacial score (nSPS) is 17.7. The number of alkyl halides is 4. The Morgan fingerprint density at radius 1 is 1.09 bits per heavy atom. The molecule has 2 aliphatic rings. The summed E-state index contributed by atoms with van der Waals surface area (Å²) in [5, 5.41) is 20.8. The Bertz CT molecular complexity index is 2440. The van der Waals surface area contributed by atoms with E-state index in [2.05, 4.69) is 20.2 Å². The number of hydrogen-bond donors (Lipinski definition) is 3. The fraction of sp³-hybridized carbons (Fsp3) is 0.371. The number of carbonyl (C=O) groups excluding carboxylic acids is 1. The summed E-state index contributed by atoms with van der Waals surface area (Å²) in [7, 11) is -0.646. The highest BCUT2D eigenvalue weighted by molar-refractivity contribution is 7.92. The Morgan fingerprint density at radius 3 is 2.44 bits per heavy atom. The van der Waals surface area contributed by atoms with E-state index < -0.39 is 75.7 Å². The van der Waals surface area contributed by atoms with Gasteiger partial charge in [-0.1, -0.05) is 17.7 Å². The van der Waals surface area contributed by atoms with E-state index in [0.29, 0.717) is 27.4 Å². The van der Waals surface area contributed by atoms with Crippen LogP contribution in [-0.2, 0) is 40.8 Å². The van der Waals surface area contributed by atoms with Gasteiger partial charge in [0, 0.05) is 49.3 Å². The van der Waals surface area contributed by atoms with Crippen LogP contribution in [0.3, 0.4) is 0 Å². The zero-order valence-corrected chi connectivity index (χ0v) is 30.9. The molecule has 0 radical (unpaired) electrons. The Balaban J connectivity index is 1.37. The molecule has 292 valence electrons. The highest BCUT2D eigenvalue weighted by Crippen LogP contribution is 2.68. The highest BCUT2D eigenvalue weighted by atomic mass is 35.5. The van der Waals surface area contributed by atoms with Crippen LogP contribution in [0.4, 0.5) is 38.0 Å². The molecular formula is C35H33ClF6N8O4S. The second-order valence-electron chi connectivity index (χ2n) is 13.7. The molecule has 0 saturated heterocycles. The van der Waals surface area contributed by atoms with Gasteiger partial charge < -0.3 is 15.3 Å². The van der Waals surface area contributed by atoms with Crippen LogP contribution >= 0.6 is 11.6 Å². The van der Waals surface area contributed by atoms with E-state index >= 15 is 8.78 Å². The van der Waals surface area contributed by atoms with E-state index in [0.717, 1.165) is 18.4 Å². The number of hydrogen-bond acceptors (Lipinski definition) is 8. The lowest BCUT2D eigenvalue weighted by molar-refractivity contribution is -0.123. The summed E-state index contributed by atoms with van der Waals surface area (Å²) in [6.07, 6.45) is -2.51. The van der Waals surface area contributed by atoms with Crippen LogP contribution < -0.4 is 14.9 Å².